The van der Waals surface area contributed by atoms with Crippen LogP contribution in [0.5, 0.6) is 0 Å². The second kappa shape index (κ2) is 7.43. The Balaban J connectivity index is 1.46. The van der Waals surface area contributed by atoms with Gasteiger partial charge in [-0.15, -0.1) is 0 Å². The van der Waals surface area contributed by atoms with Crippen LogP contribution in [0.4, 0.5) is 0 Å². The lowest BCUT2D eigenvalue weighted by Crippen LogP contribution is -2.53. The summed E-state index contributed by atoms with van der Waals surface area (Å²) in [5, 5.41) is 0. The third-order valence-corrected chi connectivity index (χ3v) is 7.29. The van der Waals surface area contributed by atoms with Gasteiger partial charge < -0.3 is 4.90 Å². The third kappa shape index (κ3) is 3.11. The van der Waals surface area contributed by atoms with Gasteiger partial charge in [-0.2, -0.15) is 0 Å². The minimum absolute atomic E-state index is 0.0577. The van der Waals surface area contributed by atoms with Gasteiger partial charge in [0.2, 0.25) is 17.7 Å². The summed E-state index contributed by atoms with van der Waals surface area (Å²) in [6.07, 6.45) is 9.75. The number of imide groups is 1. The molecule has 5 heteroatoms. The van der Waals surface area contributed by atoms with Crippen LogP contribution in [0, 0.1) is 23.7 Å². The van der Waals surface area contributed by atoms with Gasteiger partial charge >= 0.3 is 0 Å². The van der Waals surface area contributed by atoms with Crippen molar-refractivity contribution >= 4 is 17.7 Å². The van der Waals surface area contributed by atoms with Gasteiger partial charge in [0.1, 0.15) is 6.04 Å². The van der Waals surface area contributed by atoms with E-state index in [1.807, 2.05) is 35.2 Å². The number of likely N-dealkylation sites (tertiary alicyclic amines) is 2. The summed E-state index contributed by atoms with van der Waals surface area (Å²) in [5.74, 6) is -0.491. The van der Waals surface area contributed by atoms with Crippen LogP contribution in [-0.4, -0.2) is 46.7 Å². The number of carbonyl (C=O) groups is 3. The normalized spacial score (nSPS) is 31.9. The van der Waals surface area contributed by atoms with Gasteiger partial charge in [-0.05, 0) is 36.7 Å². The van der Waals surface area contributed by atoms with Gasteiger partial charge in [0.15, 0.2) is 0 Å². The molecule has 2 saturated heterocycles. The topological polar surface area (TPSA) is 57.7 Å². The minimum Gasteiger partial charge on any atom is -0.341 e. The second-order valence-electron chi connectivity index (χ2n) is 8.99. The molecule has 0 aromatic heterocycles. The van der Waals surface area contributed by atoms with Crippen molar-refractivity contribution in [1.82, 2.24) is 9.80 Å². The van der Waals surface area contributed by atoms with E-state index in [1.165, 1.54) is 4.90 Å². The molecule has 1 aromatic rings. The lowest BCUT2D eigenvalue weighted by Gasteiger charge is -2.32. The van der Waals surface area contributed by atoms with Gasteiger partial charge in [-0.1, -0.05) is 55.3 Å². The molecule has 152 valence electrons. The Morgan fingerprint density at radius 3 is 2.07 bits per heavy atom. The van der Waals surface area contributed by atoms with Crippen molar-refractivity contribution in [2.24, 2.45) is 23.7 Å². The first-order valence-electron chi connectivity index (χ1n) is 11.0. The molecule has 0 spiro atoms. The Morgan fingerprint density at radius 1 is 0.897 bits per heavy atom. The highest BCUT2D eigenvalue weighted by atomic mass is 16.2. The van der Waals surface area contributed by atoms with Crippen LogP contribution in [0.2, 0.25) is 0 Å². The lowest BCUT2D eigenvalue weighted by atomic mass is 9.85. The first-order chi connectivity index (χ1) is 14.1. The van der Waals surface area contributed by atoms with E-state index in [9.17, 15) is 14.4 Å². The predicted molar refractivity (Wildman–Crippen MR) is 109 cm³/mol. The molecule has 2 aliphatic heterocycles. The van der Waals surface area contributed by atoms with Crippen LogP contribution in [0.15, 0.2) is 42.5 Å². The van der Waals surface area contributed by atoms with Gasteiger partial charge in [-0.3, -0.25) is 19.3 Å². The van der Waals surface area contributed by atoms with Gasteiger partial charge in [0.05, 0.1) is 11.8 Å². The van der Waals surface area contributed by atoms with Crippen molar-refractivity contribution in [1.29, 1.82) is 0 Å². The number of hydrogen-bond acceptors (Lipinski definition) is 3. The fraction of sp³-hybridized carbons (Fsp3) is 0.542. The van der Waals surface area contributed by atoms with Crippen LogP contribution < -0.4 is 0 Å². The van der Waals surface area contributed by atoms with E-state index in [2.05, 4.69) is 12.2 Å². The standard InChI is InChI=1S/C24H28N2O3/c27-22(25-12-6-1-2-7-13-25)19(14-16-8-4-3-5-9-16)26-23(28)20-17-10-11-18(15-17)21(20)24(26)29/h3-5,8-11,17-21H,1-2,6-7,12-15H2/t17-,18-,19+,20-,21+/m0/s1. The lowest BCUT2D eigenvalue weighted by molar-refractivity contribution is -0.152. The molecule has 0 radical (unpaired) electrons. The average Bonchev–Trinajstić information content (AvgIpc) is 3.33. The van der Waals surface area contributed by atoms with Gasteiger partial charge in [0, 0.05) is 19.5 Å². The zero-order chi connectivity index (χ0) is 20.0. The summed E-state index contributed by atoms with van der Waals surface area (Å²) in [4.78, 5) is 43.6. The van der Waals surface area contributed by atoms with E-state index < -0.39 is 6.04 Å². The Morgan fingerprint density at radius 2 is 1.48 bits per heavy atom. The molecular weight excluding hydrogens is 364 g/mol. The van der Waals surface area contributed by atoms with Crippen molar-refractivity contribution in [2.75, 3.05) is 13.1 Å². The molecule has 5 nitrogen and oxygen atoms in total. The van der Waals surface area contributed by atoms with E-state index in [-0.39, 0.29) is 41.4 Å². The van der Waals surface area contributed by atoms with Crippen molar-refractivity contribution in [3.63, 3.8) is 0 Å². The highest BCUT2D eigenvalue weighted by Gasteiger charge is 2.61. The molecule has 2 aliphatic carbocycles. The molecule has 2 bridgehead atoms. The maximum Gasteiger partial charge on any atom is 0.246 e. The Hall–Kier alpha value is -2.43. The van der Waals surface area contributed by atoms with Crippen molar-refractivity contribution in [3.05, 3.63) is 48.0 Å². The maximum atomic E-state index is 13.6. The van der Waals surface area contributed by atoms with E-state index in [1.54, 1.807) is 0 Å². The molecule has 1 saturated carbocycles. The molecule has 1 aromatic carbocycles. The number of allylic oxidation sites excluding steroid dienone is 2. The molecule has 4 aliphatic rings. The second-order valence-corrected chi connectivity index (χ2v) is 8.99. The van der Waals surface area contributed by atoms with Crippen molar-refractivity contribution in [2.45, 2.75) is 44.6 Å². The summed E-state index contributed by atoms with van der Waals surface area (Å²) in [7, 11) is 0. The maximum absolute atomic E-state index is 13.6. The Bertz CT molecular complexity index is 811. The summed E-state index contributed by atoms with van der Waals surface area (Å²) in [6.45, 7) is 1.44. The highest BCUT2D eigenvalue weighted by molar-refractivity contribution is 6.09. The summed E-state index contributed by atoms with van der Waals surface area (Å²) in [5.41, 5.74) is 0.986. The monoisotopic (exact) mass is 392 g/mol. The Kier molecular flexibility index (Phi) is 4.76. The van der Waals surface area contributed by atoms with Crippen molar-refractivity contribution < 1.29 is 14.4 Å². The molecule has 5 rings (SSSR count). The zero-order valence-electron chi connectivity index (χ0n) is 16.7. The number of nitrogens with zero attached hydrogens (tertiary/aromatic N) is 2. The van der Waals surface area contributed by atoms with E-state index in [4.69, 9.17) is 0 Å². The number of rotatable bonds is 4. The third-order valence-electron chi connectivity index (χ3n) is 7.29. The average molecular weight is 392 g/mol. The predicted octanol–water partition coefficient (Wildman–Crippen LogP) is 2.81. The molecule has 2 heterocycles. The van der Waals surface area contributed by atoms with Crippen molar-refractivity contribution in [3.8, 4) is 0 Å². The molecular formula is C24H28N2O3. The van der Waals surface area contributed by atoms with E-state index >= 15 is 0 Å². The van der Waals surface area contributed by atoms with Gasteiger partial charge in [0.25, 0.3) is 0 Å². The fourth-order valence-electron chi connectivity index (χ4n) is 5.86. The van der Waals surface area contributed by atoms with Crippen LogP contribution in [0.1, 0.15) is 37.7 Å². The van der Waals surface area contributed by atoms with E-state index in [0.717, 1.165) is 50.8 Å². The first kappa shape index (κ1) is 18.6. The molecule has 5 atom stereocenters. The quantitative estimate of drug-likeness (QED) is 0.585. The molecule has 29 heavy (non-hydrogen) atoms. The molecule has 3 amide bonds. The number of benzene rings is 1. The first-order valence-corrected chi connectivity index (χ1v) is 11.0. The molecule has 0 N–H and O–H groups in total. The van der Waals surface area contributed by atoms with E-state index in [0.29, 0.717) is 6.42 Å². The number of amides is 3. The van der Waals surface area contributed by atoms with Crippen LogP contribution in [0.3, 0.4) is 0 Å². The number of hydrogen-bond donors (Lipinski definition) is 0. The highest BCUT2D eigenvalue weighted by Crippen LogP contribution is 2.53. The summed E-state index contributed by atoms with van der Waals surface area (Å²) >= 11 is 0. The van der Waals surface area contributed by atoms with Crippen LogP contribution in [0.25, 0.3) is 0 Å². The number of carbonyl (C=O) groups excluding carboxylic acids is 3. The largest absolute Gasteiger partial charge is 0.341 e. The Labute approximate surface area is 171 Å². The van der Waals surface area contributed by atoms with Crippen LogP contribution >= 0.6 is 0 Å². The van der Waals surface area contributed by atoms with Gasteiger partial charge in [-0.25, -0.2) is 0 Å². The molecule has 3 fully saturated rings. The number of fused-ring (bicyclic) bond motifs is 5. The minimum atomic E-state index is -0.722. The fourth-order valence-corrected chi connectivity index (χ4v) is 5.86. The zero-order valence-corrected chi connectivity index (χ0v) is 16.7. The summed E-state index contributed by atoms with van der Waals surface area (Å²) < 4.78 is 0. The summed E-state index contributed by atoms with van der Waals surface area (Å²) in [6, 6.07) is 9.04. The molecule has 0 unspecified atom stereocenters. The smallest absolute Gasteiger partial charge is 0.246 e. The van der Waals surface area contributed by atoms with Crippen LogP contribution in [-0.2, 0) is 20.8 Å². The SMILES string of the molecule is O=C([C@@H](Cc1ccccc1)N1C(=O)[C@@H]2[C@H](C1=O)[C@H]1C=C[C@H]2C1)N1CCCCCC1.